The van der Waals surface area contributed by atoms with Crippen LogP contribution >= 0.6 is 11.3 Å². The van der Waals surface area contributed by atoms with Gasteiger partial charge in [-0.2, -0.15) is 5.10 Å². The molecule has 3 aromatic carbocycles. The molecule has 0 saturated carbocycles. The van der Waals surface area contributed by atoms with Gasteiger partial charge in [-0.15, -0.1) is 11.3 Å². The minimum atomic E-state index is -0.162. The molecule has 0 unspecified atom stereocenters. The van der Waals surface area contributed by atoms with E-state index in [0.29, 0.717) is 11.3 Å². The van der Waals surface area contributed by atoms with Gasteiger partial charge in [0.15, 0.2) is 0 Å². The highest BCUT2D eigenvalue weighted by Crippen LogP contribution is 2.31. The zero-order chi connectivity index (χ0) is 22.2. The third-order valence-corrected chi connectivity index (χ3v) is 6.52. The van der Waals surface area contributed by atoms with Crippen LogP contribution in [0.1, 0.15) is 27.3 Å². The quantitative estimate of drug-likeness (QED) is 0.357. The Bertz CT molecular complexity index is 1430. The van der Waals surface area contributed by atoms with Crippen molar-refractivity contribution in [1.29, 1.82) is 0 Å². The van der Waals surface area contributed by atoms with Crippen molar-refractivity contribution in [2.45, 2.75) is 20.8 Å². The van der Waals surface area contributed by atoms with E-state index in [1.54, 1.807) is 11.3 Å². The number of benzene rings is 3. The number of hydrogen-bond donors (Lipinski definition) is 1. The summed E-state index contributed by atoms with van der Waals surface area (Å²) in [5, 5.41) is 8.55. The Morgan fingerprint density at radius 2 is 1.69 bits per heavy atom. The molecular formula is C26H22N4OS. The molecule has 0 fully saturated rings. The molecule has 0 spiro atoms. The van der Waals surface area contributed by atoms with E-state index in [9.17, 15) is 4.79 Å². The molecule has 0 aliphatic rings. The van der Waals surface area contributed by atoms with Gasteiger partial charge in [-0.25, -0.2) is 9.67 Å². The summed E-state index contributed by atoms with van der Waals surface area (Å²) in [6.07, 6.45) is 0. The number of para-hydroxylation sites is 1. The van der Waals surface area contributed by atoms with Crippen LogP contribution in [0.15, 0.2) is 72.8 Å². The molecule has 5 rings (SSSR count). The topological polar surface area (TPSA) is 59.8 Å². The van der Waals surface area contributed by atoms with Gasteiger partial charge in [0.2, 0.25) is 0 Å². The molecular weight excluding hydrogens is 416 g/mol. The Labute approximate surface area is 190 Å². The first-order chi connectivity index (χ1) is 15.5. The Kier molecular flexibility index (Phi) is 5.07. The number of carbonyl (C=O) groups excluding carboxylic acids is 1. The fourth-order valence-corrected chi connectivity index (χ4v) is 4.91. The summed E-state index contributed by atoms with van der Waals surface area (Å²) in [4.78, 5) is 17.8. The first-order valence-corrected chi connectivity index (χ1v) is 11.2. The van der Waals surface area contributed by atoms with E-state index < -0.39 is 0 Å². The van der Waals surface area contributed by atoms with Gasteiger partial charge in [-0.05, 0) is 74.9 Å². The highest BCUT2D eigenvalue weighted by molar-refractivity contribution is 7.21. The van der Waals surface area contributed by atoms with Crippen LogP contribution in [0, 0.1) is 20.8 Å². The van der Waals surface area contributed by atoms with E-state index in [-0.39, 0.29) is 5.91 Å². The molecule has 32 heavy (non-hydrogen) atoms. The van der Waals surface area contributed by atoms with Gasteiger partial charge < -0.3 is 5.32 Å². The number of aryl methyl sites for hydroxylation is 2. The molecule has 0 atom stereocenters. The Morgan fingerprint density at radius 1 is 0.938 bits per heavy atom. The van der Waals surface area contributed by atoms with Crippen molar-refractivity contribution in [2.24, 2.45) is 0 Å². The van der Waals surface area contributed by atoms with Crippen molar-refractivity contribution in [3.05, 3.63) is 95.3 Å². The standard InChI is InChI=1S/C26H22N4OS/c1-16-9-14-22-23(15-16)32-26(28-22)19-10-12-20(13-11-19)27-25(31)24-17(2)29-30(18(24)3)21-7-5-4-6-8-21/h4-15H,1-3H3,(H,27,31). The number of fused-ring (bicyclic) bond motifs is 1. The molecule has 158 valence electrons. The van der Waals surface area contributed by atoms with Crippen LogP contribution in [-0.2, 0) is 0 Å². The fraction of sp³-hybridized carbons (Fsp3) is 0.115. The predicted octanol–water partition coefficient (Wildman–Crippen LogP) is 6.33. The number of hydrogen-bond acceptors (Lipinski definition) is 4. The molecule has 0 saturated heterocycles. The second-order valence-corrected chi connectivity index (χ2v) is 8.85. The van der Waals surface area contributed by atoms with E-state index in [4.69, 9.17) is 4.98 Å². The monoisotopic (exact) mass is 438 g/mol. The molecule has 0 aliphatic carbocycles. The first kappa shape index (κ1) is 20.2. The lowest BCUT2D eigenvalue weighted by molar-refractivity contribution is 0.102. The number of nitrogens with one attached hydrogen (secondary N) is 1. The average Bonchev–Trinajstić information content (AvgIpc) is 3.34. The summed E-state index contributed by atoms with van der Waals surface area (Å²) in [6.45, 7) is 5.86. The van der Waals surface area contributed by atoms with Gasteiger partial charge >= 0.3 is 0 Å². The number of thiazole rings is 1. The molecule has 5 aromatic rings. The third kappa shape index (κ3) is 3.69. The molecule has 2 heterocycles. The maximum Gasteiger partial charge on any atom is 0.259 e. The minimum absolute atomic E-state index is 0.162. The molecule has 1 amide bonds. The fourth-order valence-electron chi connectivity index (χ4n) is 3.84. The van der Waals surface area contributed by atoms with Crippen LogP contribution in [0.25, 0.3) is 26.5 Å². The second kappa shape index (κ2) is 8.05. The summed E-state index contributed by atoms with van der Waals surface area (Å²) in [5.41, 5.74) is 7.05. The maximum absolute atomic E-state index is 13.0. The van der Waals surface area contributed by atoms with Crippen LogP contribution in [0.2, 0.25) is 0 Å². The van der Waals surface area contributed by atoms with E-state index in [0.717, 1.165) is 33.2 Å². The molecule has 0 radical (unpaired) electrons. The largest absolute Gasteiger partial charge is 0.322 e. The lowest BCUT2D eigenvalue weighted by Crippen LogP contribution is -2.14. The molecule has 0 bridgehead atoms. The first-order valence-electron chi connectivity index (χ1n) is 10.4. The lowest BCUT2D eigenvalue weighted by atomic mass is 10.1. The summed E-state index contributed by atoms with van der Waals surface area (Å²) < 4.78 is 2.99. The molecule has 2 aromatic heterocycles. The zero-order valence-electron chi connectivity index (χ0n) is 18.1. The number of carbonyl (C=O) groups is 1. The maximum atomic E-state index is 13.0. The summed E-state index contributed by atoms with van der Waals surface area (Å²) in [7, 11) is 0. The lowest BCUT2D eigenvalue weighted by Gasteiger charge is -2.07. The third-order valence-electron chi connectivity index (χ3n) is 5.45. The van der Waals surface area contributed by atoms with Crippen molar-refractivity contribution in [2.75, 3.05) is 5.32 Å². The van der Waals surface area contributed by atoms with E-state index in [1.165, 1.54) is 10.3 Å². The number of rotatable bonds is 4. The Balaban J connectivity index is 1.38. The summed E-state index contributed by atoms with van der Waals surface area (Å²) in [6, 6.07) is 23.9. The predicted molar refractivity (Wildman–Crippen MR) is 131 cm³/mol. The molecule has 0 aliphatic heterocycles. The highest BCUT2D eigenvalue weighted by Gasteiger charge is 2.19. The van der Waals surface area contributed by atoms with Crippen LogP contribution in [0.5, 0.6) is 0 Å². The van der Waals surface area contributed by atoms with E-state index >= 15 is 0 Å². The van der Waals surface area contributed by atoms with E-state index in [1.807, 2.05) is 73.1 Å². The van der Waals surface area contributed by atoms with Gasteiger partial charge in [0, 0.05) is 11.3 Å². The second-order valence-electron chi connectivity index (χ2n) is 7.81. The van der Waals surface area contributed by atoms with Crippen molar-refractivity contribution in [1.82, 2.24) is 14.8 Å². The minimum Gasteiger partial charge on any atom is -0.322 e. The Hall–Kier alpha value is -3.77. The number of aromatic nitrogens is 3. The van der Waals surface area contributed by atoms with Crippen LogP contribution < -0.4 is 5.32 Å². The van der Waals surface area contributed by atoms with Crippen LogP contribution in [0.3, 0.4) is 0 Å². The number of anilines is 1. The SMILES string of the molecule is Cc1ccc2nc(-c3ccc(NC(=O)c4c(C)nn(-c5ccccc5)c4C)cc3)sc2c1. The van der Waals surface area contributed by atoms with Gasteiger partial charge in [-0.3, -0.25) is 4.79 Å². The van der Waals surface area contributed by atoms with Gasteiger partial charge in [-0.1, -0.05) is 24.3 Å². The Morgan fingerprint density at radius 3 is 2.44 bits per heavy atom. The van der Waals surface area contributed by atoms with Crippen molar-refractivity contribution in [3.63, 3.8) is 0 Å². The summed E-state index contributed by atoms with van der Waals surface area (Å²) in [5.74, 6) is -0.162. The number of nitrogens with zero attached hydrogens (tertiary/aromatic N) is 3. The highest BCUT2D eigenvalue weighted by atomic mass is 32.1. The summed E-state index contributed by atoms with van der Waals surface area (Å²) >= 11 is 1.68. The van der Waals surface area contributed by atoms with Gasteiger partial charge in [0.05, 0.1) is 32.9 Å². The normalized spacial score (nSPS) is 11.1. The van der Waals surface area contributed by atoms with E-state index in [2.05, 4.69) is 35.5 Å². The van der Waals surface area contributed by atoms with Crippen molar-refractivity contribution < 1.29 is 4.79 Å². The average molecular weight is 439 g/mol. The molecule has 6 heteroatoms. The van der Waals surface area contributed by atoms with Gasteiger partial charge in [0.1, 0.15) is 5.01 Å². The molecule has 1 N–H and O–H groups in total. The molecule has 5 nitrogen and oxygen atoms in total. The van der Waals surface area contributed by atoms with Crippen LogP contribution in [-0.4, -0.2) is 20.7 Å². The van der Waals surface area contributed by atoms with Crippen molar-refractivity contribution >= 4 is 33.1 Å². The van der Waals surface area contributed by atoms with Crippen molar-refractivity contribution in [3.8, 4) is 16.3 Å². The van der Waals surface area contributed by atoms with Crippen LogP contribution in [0.4, 0.5) is 5.69 Å². The zero-order valence-corrected chi connectivity index (χ0v) is 18.9. The van der Waals surface area contributed by atoms with Gasteiger partial charge in [0.25, 0.3) is 5.91 Å². The number of amides is 1. The smallest absolute Gasteiger partial charge is 0.259 e.